The highest BCUT2D eigenvalue weighted by molar-refractivity contribution is 14.1. The highest BCUT2D eigenvalue weighted by atomic mass is 127. The molecule has 192 valence electrons. The van der Waals surface area contributed by atoms with Crippen molar-refractivity contribution in [2.45, 2.75) is 24.0 Å². The predicted octanol–water partition coefficient (Wildman–Crippen LogP) is 1.66. The van der Waals surface area contributed by atoms with E-state index in [1.54, 1.807) is 51.2 Å². The molecule has 0 aromatic carbocycles. The lowest BCUT2D eigenvalue weighted by Crippen LogP contribution is -2.52. The van der Waals surface area contributed by atoms with Crippen molar-refractivity contribution >= 4 is 61.8 Å². The number of ether oxygens (including phenoxy) is 1. The van der Waals surface area contributed by atoms with Crippen LogP contribution in [0.1, 0.15) is 17.4 Å². The number of morpholine rings is 1. The van der Waals surface area contributed by atoms with Crippen molar-refractivity contribution in [3.8, 4) is 11.4 Å². The van der Waals surface area contributed by atoms with Crippen LogP contribution in [0.2, 0.25) is 0 Å². The molecule has 36 heavy (non-hydrogen) atoms. The van der Waals surface area contributed by atoms with Crippen LogP contribution in [0.3, 0.4) is 0 Å². The number of aryl methyl sites for hydroxylation is 1. The topological polar surface area (TPSA) is 134 Å². The van der Waals surface area contributed by atoms with Crippen LogP contribution in [0.4, 0.5) is 11.8 Å². The van der Waals surface area contributed by atoms with E-state index in [9.17, 15) is 9.90 Å². The second-order valence-electron chi connectivity index (χ2n) is 9.15. The monoisotopic (exact) mass is 624 g/mol. The Morgan fingerprint density at radius 2 is 1.83 bits per heavy atom. The van der Waals surface area contributed by atoms with Crippen LogP contribution in [0, 0.1) is 6.92 Å². The van der Waals surface area contributed by atoms with Gasteiger partial charge in [0, 0.05) is 63.1 Å². The third kappa shape index (κ3) is 5.25. The summed E-state index contributed by atoms with van der Waals surface area (Å²) in [4.78, 5) is 38.1. The second-order valence-corrected chi connectivity index (χ2v) is 12.4. The van der Waals surface area contributed by atoms with Crippen LogP contribution >= 0.6 is 33.9 Å². The van der Waals surface area contributed by atoms with Crippen LogP contribution in [0.5, 0.6) is 0 Å². The van der Waals surface area contributed by atoms with Gasteiger partial charge in [0.25, 0.3) is 5.91 Å². The van der Waals surface area contributed by atoms with Crippen LogP contribution in [0.25, 0.3) is 21.6 Å². The lowest BCUT2D eigenvalue weighted by atomic mass is 10.2. The Balaban J connectivity index is 1.44. The van der Waals surface area contributed by atoms with Crippen molar-refractivity contribution < 1.29 is 14.6 Å². The van der Waals surface area contributed by atoms with E-state index in [2.05, 4.69) is 26.7 Å². The van der Waals surface area contributed by atoms with E-state index in [1.807, 2.05) is 0 Å². The predicted molar refractivity (Wildman–Crippen MR) is 147 cm³/mol. The summed E-state index contributed by atoms with van der Waals surface area (Å²) in [7, 11) is 0. The maximum atomic E-state index is 12.4. The number of alkyl halides is 1. The Labute approximate surface area is 226 Å². The van der Waals surface area contributed by atoms with Crippen molar-refractivity contribution in [3.63, 3.8) is 0 Å². The molecule has 0 bridgehead atoms. The quantitative estimate of drug-likeness (QED) is 0.319. The van der Waals surface area contributed by atoms with Gasteiger partial charge in [-0.25, -0.2) is 19.9 Å². The second kappa shape index (κ2) is 10.3. The van der Waals surface area contributed by atoms with Crippen molar-refractivity contribution in [1.82, 2.24) is 29.7 Å². The number of piperazine rings is 1. The van der Waals surface area contributed by atoms with Gasteiger partial charge in [-0.3, -0.25) is 9.69 Å². The zero-order chi connectivity index (χ0) is 25.4. The molecule has 11 nitrogen and oxygen atoms in total. The molecule has 5 heterocycles. The molecule has 0 aliphatic carbocycles. The Morgan fingerprint density at radius 1 is 1.17 bits per heavy atom. The number of aromatic nitrogens is 4. The first-order chi connectivity index (χ1) is 17.2. The first-order valence-corrected chi connectivity index (χ1v) is 13.7. The first-order valence-electron chi connectivity index (χ1n) is 11.8. The van der Waals surface area contributed by atoms with Crippen LogP contribution in [-0.2, 0) is 16.1 Å². The van der Waals surface area contributed by atoms with Gasteiger partial charge in [-0.05, 0) is 42.0 Å². The molecule has 2 aliphatic heterocycles. The number of nitrogens with zero attached hydrogens (tertiary/aromatic N) is 7. The maximum absolute atomic E-state index is 12.4. The number of hydrogen-bond acceptors (Lipinski definition) is 11. The van der Waals surface area contributed by atoms with Gasteiger partial charge in [-0.15, -0.1) is 11.3 Å². The molecule has 3 aromatic rings. The molecule has 1 atom stereocenters. The van der Waals surface area contributed by atoms with Crippen molar-refractivity contribution in [1.29, 1.82) is 0 Å². The van der Waals surface area contributed by atoms with Gasteiger partial charge < -0.3 is 25.4 Å². The number of nitrogens with two attached hydrogens (primary N) is 1. The van der Waals surface area contributed by atoms with E-state index in [1.165, 1.54) is 11.8 Å². The number of rotatable bonds is 5. The number of carbonyl (C=O) groups excluding carboxylic acids is 1. The molecule has 0 radical (unpaired) electrons. The fraction of sp³-hybridized carbons (Fsp3) is 0.522. The number of halogens is 1. The Kier molecular flexibility index (Phi) is 7.27. The van der Waals surface area contributed by atoms with Gasteiger partial charge in [0.1, 0.15) is 0 Å². The zero-order valence-electron chi connectivity index (χ0n) is 20.3. The minimum absolute atomic E-state index is 0.214. The summed E-state index contributed by atoms with van der Waals surface area (Å²) in [6.45, 7) is 9.99. The van der Waals surface area contributed by atoms with Gasteiger partial charge in [0.15, 0.2) is 15.3 Å². The normalized spacial score (nSPS) is 19.0. The molecule has 1 amide bonds. The third-order valence-electron chi connectivity index (χ3n) is 6.50. The summed E-state index contributed by atoms with van der Waals surface area (Å²) in [6.07, 6.45) is 3.31. The Bertz CT molecular complexity index is 1250. The summed E-state index contributed by atoms with van der Waals surface area (Å²) < 4.78 is 5.27. The maximum Gasteiger partial charge on any atom is 0.264 e. The number of anilines is 2. The molecule has 0 saturated carbocycles. The summed E-state index contributed by atoms with van der Waals surface area (Å²) >= 11 is 3.52. The first kappa shape index (κ1) is 25.4. The molecule has 2 saturated heterocycles. The van der Waals surface area contributed by atoms with E-state index >= 15 is 0 Å². The zero-order valence-corrected chi connectivity index (χ0v) is 23.3. The lowest BCUT2D eigenvalue weighted by molar-refractivity contribution is -0.142. The van der Waals surface area contributed by atoms with Gasteiger partial charge in [-0.1, -0.05) is 0 Å². The minimum atomic E-state index is -1.37. The largest absolute Gasteiger partial charge is 0.378 e. The number of thiophene rings is 1. The Hall–Kier alpha value is -2.20. The van der Waals surface area contributed by atoms with Crippen molar-refractivity contribution in [2.75, 3.05) is 63.1 Å². The number of amides is 1. The molecular formula is C23H29IN8O3S. The number of hydrogen-bond donors (Lipinski definition) is 2. The van der Waals surface area contributed by atoms with Gasteiger partial charge in [-0.2, -0.15) is 0 Å². The van der Waals surface area contributed by atoms with Gasteiger partial charge >= 0.3 is 0 Å². The van der Waals surface area contributed by atoms with E-state index in [0.29, 0.717) is 32.1 Å². The SMILES string of the molecule is Cc1c(CN2CCN(C(=O)C(C)(O)I)CC2)sc2c(N3CCOCC3)nc(-c3cnc(N)nc3)nc12. The van der Waals surface area contributed by atoms with E-state index < -0.39 is 3.61 Å². The molecule has 5 rings (SSSR count). The molecule has 1 unspecified atom stereocenters. The summed E-state index contributed by atoms with van der Waals surface area (Å²) in [5.74, 6) is 1.47. The van der Waals surface area contributed by atoms with E-state index in [4.69, 9.17) is 20.4 Å². The fourth-order valence-electron chi connectivity index (χ4n) is 4.44. The van der Waals surface area contributed by atoms with Crippen molar-refractivity contribution in [2.24, 2.45) is 0 Å². The average molecular weight is 625 g/mol. The molecule has 13 heteroatoms. The lowest BCUT2D eigenvalue weighted by Gasteiger charge is -2.36. The smallest absolute Gasteiger partial charge is 0.264 e. The molecule has 3 N–H and O–H groups in total. The molecule has 2 aliphatic rings. The Morgan fingerprint density at radius 3 is 2.47 bits per heavy atom. The molecular weight excluding hydrogens is 595 g/mol. The fourth-order valence-corrected chi connectivity index (χ4v) is 6.09. The van der Waals surface area contributed by atoms with Crippen LogP contribution in [-0.4, -0.2) is 96.8 Å². The third-order valence-corrected chi connectivity index (χ3v) is 8.23. The highest BCUT2D eigenvalue weighted by Crippen LogP contribution is 2.38. The molecule has 0 spiro atoms. The molecule has 2 fully saturated rings. The van der Waals surface area contributed by atoms with E-state index in [0.717, 1.165) is 59.9 Å². The molecule has 3 aromatic heterocycles. The summed E-state index contributed by atoms with van der Waals surface area (Å²) in [6, 6.07) is 0. The number of aliphatic hydroxyl groups is 1. The highest BCUT2D eigenvalue weighted by Gasteiger charge is 2.33. The standard InChI is InChI=1S/C23H29IN8O3S/c1-14-16(13-30-3-5-32(6-4-30)21(33)23(2,24)34)36-18-17(14)28-19(15-11-26-22(25)27-12-15)29-20(18)31-7-9-35-10-8-31/h11-12,34H,3-10,13H2,1-2H3,(H2,25,26,27). The van der Waals surface area contributed by atoms with Crippen molar-refractivity contribution in [3.05, 3.63) is 22.8 Å². The summed E-state index contributed by atoms with van der Waals surface area (Å²) in [5, 5.41) is 10.1. The van der Waals surface area contributed by atoms with E-state index in [-0.39, 0.29) is 11.9 Å². The van der Waals surface area contributed by atoms with Crippen LogP contribution < -0.4 is 10.6 Å². The number of nitrogen functional groups attached to an aromatic ring is 1. The van der Waals surface area contributed by atoms with Crippen LogP contribution in [0.15, 0.2) is 12.4 Å². The average Bonchev–Trinajstić information content (AvgIpc) is 3.19. The minimum Gasteiger partial charge on any atom is -0.378 e. The number of fused-ring (bicyclic) bond motifs is 1. The van der Waals surface area contributed by atoms with Gasteiger partial charge in [0.05, 0.1) is 29.0 Å². The van der Waals surface area contributed by atoms with Gasteiger partial charge in [0.2, 0.25) is 5.95 Å². The summed E-state index contributed by atoms with van der Waals surface area (Å²) in [5.41, 5.74) is 8.48. The number of carbonyl (C=O) groups is 1.